The first kappa shape index (κ1) is 16.6. The van der Waals surface area contributed by atoms with Gasteiger partial charge in [-0.15, -0.1) is 0 Å². The van der Waals surface area contributed by atoms with Crippen molar-refractivity contribution in [3.63, 3.8) is 0 Å². The molecule has 0 aliphatic heterocycles. The van der Waals surface area contributed by atoms with E-state index in [-0.39, 0.29) is 6.04 Å². The van der Waals surface area contributed by atoms with Crippen molar-refractivity contribution < 1.29 is 4.74 Å². The van der Waals surface area contributed by atoms with Crippen LogP contribution in [0.2, 0.25) is 5.02 Å². The van der Waals surface area contributed by atoms with Gasteiger partial charge >= 0.3 is 0 Å². The summed E-state index contributed by atoms with van der Waals surface area (Å²) in [6.45, 7) is 4.67. The van der Waals surface area contributed by atoms with E-state index in [4.69, 9.17) is 28.6 Å². The second-order valence-electron chi connectivity index (χ2n) is 4.83. The average molecular weight is 335 g/mol. The molecule has 116 valence electrons. The molecule has 0 bridgehead atoms. The van der Waals surface area contributed by atoms with Gasteiger partial charge in [-0.3, -0.25) is 0 Å². The molecule has 0 unspecified atom stereocenters. The molecular formula is C17H19ClN2OS. The van der Waals surface area contributed by atoms with E-state index in [1.54, 1.807) is 0 Å². The van der Waals surface area contributed by atoms with Crippen LogP contribution in [-0.2, 0) is 0 Å². The van der Waals surface area contributed by atoms with E-state index in [0.717, 1.165) is 22.0 Å². The Morgan fingerprint density at radius 2 is 1.77 bits per heavy atom. The molecule has 0 fully saturated rings. The first-order valence-corrected chi connectivity index (χ1v) is 7.93. The molecule has 3 nitrogen and oxygen atoms in total. The normalized spacial score (nSPS) is 11.6. The molecule has 1 atom stereocenters. The van der Waals surface area contributed by atoms with Crippen molar-refractivity contribution in [2.45, 2.75) is 19.9 Å². The third-order valence-electron chi connectivity index (χ3n) is 3.14. The SMILES string of the molecule is CCOc1ccc(NC(=S)N[C@H](C)c2ccc(Cl)cc2)cc1. The third-order valence-corrected chi connectivity index (χ3v) is 3.61. The van der Waals surface area contributed by atoms with E-state index in [1.807, 2.05) is 55.5 Å². The lowest BCUT2D eigenvalue weighted by molar-refractivity contribution is 0.340. The maximum atomic E-state index is 5.90. The van der Waals surface area contributed by atoms with Crippen LogP contribution in [0.15, 0.2) is 48.5 Å². The molecule has 0 aliphatic carbocycles. The van der Waals surface area contributed by atoms with Crippen LogP contribution in [0.4, 0.5) is 5.69 Å². The van der Waals surface area contributed by atoms with Gasteiger partial charge in [0.2, 0.25) is 0 Å². The van der Waals surface area contributed by atoms with Crippen LogP contribution >= 0.6 is 23.8 Å². The Balaban J connectivity index is 1.90. The Morgan fingerprint density at radius 1 is 1.14 bits per heavy atom. The molecule has 5 heteroatoms. The van der Waals surface area contributed by atoms with Crippen LogP contribution < -0.4 is 15.4 Å². The quantitative estimate of drug-likeness (QED) is 0.770. The fourth-order valence-corrected chi connectivity index (χ4v) is 2.42. The van der Waals surface area contributed by atoms with Gasteiger partial charge in [0.05, 0.1) is 12.6 Å². The molecule has 2 rings (SSSR count). The van der Waals surface area contributed by atoms with Crippen molar-refractivity contribution in [3.05, 3.63) is 59.1 Å². The molecular weight excluding hydrogens is 316 g/mol. The van der Waals surface area contributed by atoms with Crippen molar-refractivity contribution in [1.29, 1.82) is 0 Å². The first-order chi connectivity index (χ1) is 10.6. The Bertz CT molecular complexity index is 614. The fraction of sp³-hybridized carbons (Fsp3) is 0.235. The third kappa shape index (κ3) is 4.90. The minimum Gasteiger partial charge on any atom is -0.494 e. The summed E-state index contributed by atoms with van der Waals surface area (Å²) in [6, 6.07) is 15.5. The lowest BCUT2D eigenvalue weighted by Gasteiger charge is -2.17. The van der Waals surface area contributed by atoms with Crippen molar-refractivity contribution in [2.75, 3.05) is 11.9 Å². The largest absolute Gasteiger partial charge is 0.494 e. The van der Waals surface area contributed by atoms with Gasteiger partial charge in [-0.2, -0.15) is 0 Å². The molecule has 2 aromatic rings. The number of hydrogen-bond acceptors (Lipinski definition) is 2. The van der Waals surface area contributed by atoms with Gasteiger partial charge in [-0.25, -0.2) is 0 Å². The Morgan fingerprint density at radius 3 is 2.36 bits per heavy atom. The zero-order chi connectivity index (χ0) is 15.9. The summed E-state index contributed by atoms with van der Waals surface area (Å²) in [5.41, 5.74) is 2.05. The molecule has 0 radical (unpaired) electrons. The van der Waals surface area contributed by atoms with Crippen LogP contribution in [0, 0.1) is 0 Å². The summed E-state index contributed by atoms with van der Waals surface area (Å²) in [4.78, 5) is 0. The fourth-order valence-electron chi connectivity index (χ4n) is 2.00. The van der Waals surface area contributed by atoms with Gasteiger partial charge in [0.25, 0.3) is 0 Å². The predicted molar refractivity (Wildman–Crippen MR) is 96.8 cm³/mol. The van der Waals surface area contributed by atoms with Crippen molar-refractivity contribution in [3.8, 4) is 5.75 Å². The highest BCUT2D eigenvalue weighted by Crippen LogP contribution is 2.18. The number of anilines is 1. The van der Waals surface area contributed by atoms with Gasteiger partial charge in [-0.1, -0.05) is 23.7 Å². The molecule has 2 aromatic carbocycles. The summed E-state index contributed by atoms with van der Waals surface area (Å²) in [5.74, 6) is 0.849. The number of ether oxygens (including phenoxy) is 1. The number of benzene rings is 2. The average Bonchev–Trinajstić information content (AvgIpc) is 2.50. The lowest BCUT2D eigenvalue weighted by Crippen LogP contribution is -2.30. The van der Waals surface area contributed by atoms with Gasteiger partial charge in [0, 0.05) is 10.7 Å². The highest BCUT2D eigenvalue weighted by atomic mass is 35.5. The van der Waals surface area contributed by atoms with Gasteiger partial charge in [0.15, 0.2) is 5.11 Å². The van der Waals surface area contributed by atoms with Crippen LogP contribution in [-0.4, -0.2) is 11.7 Å². The second kappa shape index (κ2) is 8.01. The van der Waals surface area contributed by atoms with E-state index in [2.05, 4.69) is 17.6 Å². The van der Waals surface area contributed by atoms with Gasteiger partial charge in [0.1, 0.15) is 5.75 Å². The minimum absolute atomic E-state index is 0.0972. The number of hydrogen-bond donors (Lipinski definition) is 2. The summed E-state index contributed by atoms with van der Waals surface area (Å²) in [6.07, 6.45) is 0. The number of thiocarbonyl (C=S) groups is 1. The summed E-state index contributed by atoms with van der Waals surface area (Å²) in [5, 5.41) is 7.72. The Kier molecular flexibility index (Phi) is 6.04. The Hall–Kier alpha value is -1.78. The predicted octanol–water partition coefficient (Wildman–Crippen LogP) is 4.79. The smallest absolute Gasteiger partial charge is 0.171 e. The van der Waals surface area contributed by atoms with Gasteiger partial charge in [-0.05, 0) is 68.0 Å². The number of rotatable bonds is 5. The summed E-state index contributed by atoms with van der Waals surface area (Å²) in [7, 11) is 0. The van der Waals surface area contributed by atoms with E-state index >= 15 is 0 Å². The van der Waals surface area contributed by atoms with E-state index in [9.17, 15) is 0 Å². The maximum Gasteiger partial charge on any atom is 0.171 e. The summed E-state index contributed by atoms with van der Waals surface area (Å²) < 4.78 is 5.41. The van der Waals surface area contributed by atoms with Crippen LogP contribution in [0.1, 0.15) is 25.5 Å². The first-order valence-electron chi connectivity index (χ1n) is 7.14. The maximum absolute atomic E-state index is 5.90. The van der Waals surface area contributed by atoms with Crippen molar-refractivity contribution in [2.24, 2.45) is 0 Å². The number of nitrogens with one attached hydrogen (secondary N) is 2. The van der Waals surface area contributed by atoms with Crippen LogP contribution in [0.5, 0.6) is 5.75 Å². The monoisotopic (exact) mass is 334 g/mol. The second-order valence-corrected chi connectivity index (χ2v) is 5.67. The van der Waals surface area contributed by atoms with E-state index < -0.39 is 0 Å². The lowest BCUT2D eigenvalue weighted by atomic mass is 10.1. The molecule has 0 aromatic heterocycles. The molecule has 0 saturated heterocycles. The molecule has 0 heterocycles. The minimum atomic E-state index is 0.0972. The van der Waals surface area contributed by atoms with E-state index in [0.29, 0.717) is 11.7 Å². The highest BCUT2D eigenvalue weighted by Gasteiger charge is 2.07. The topological polar surface area (TPSA) is 33.3 Å². The van der Waals surface area contributed by atoms with Gasteiger partial charge < -0.3 is 15.4 Å². The molecule has 0 saturated carbocycles. The van der Waals surface area contributed by atoms with E-state index in [1.165, 1.54) is 0 Å². The Labute approximate surface area is 141 Å². The molecule has 22 heavy (non-hydrogen) atoms. The number of halogens is 1. The standard InChI is InChI=1S/C17H19ClN2OS/c1-3-21-16-10-8-15(9-11-16)20-17(22)19-12(2)13-4-6-14(18)7-5-13/h4-12H,3H2,1-2H3,(H2,19,20,22)/t12-/m1/s1. The highest BCUT2D eigenvalue weighted by molar-refractivity contribution is 7.80. The molecule has 2 N–H and O–H groups in total. The molecule has 0 amide bonds. The zero-order valence-electron chi connectivity index (χ0n) is 12.6. The van der Waals surface area contributed by atoms with Crippen molar-refractivity contribution >= 4 is 34.6 Å². The van der Waals surface area contributed by atoms with Crippen LogP contribution in [0.3, 0.4) is 0 Å². The zero-order valence-corrected chi connectivity index (χ0v) is 14.2. The van der Waals surface area contributed by atoms with Crippen LogP contribution in [0.25, 0.3) is 0 Å². The molecule has 0 aliphatic rings. The summed E-state index contributed by atoms with van der Waals surface area (Å²) >= 11 is 11.2. The molecule has 0 spiro atoms. The van der Waals surface area contributed by atoms with Crippen molar-refractivity contribution in [1.82, 2.24) is 5.32 Å².